The molecule has 1 fully saturated rings. The minimum Gasteiger partial charge on any atom is -0.370 e. The molecule has 7 nitrogen and oxygen atoms in total. The molecule has 0 bridgehead atoms. The fourth-order valence-electron chi connectivity index (χ4n) is 3.86. The SMILES string of the molecule is Cc1ccc(NC(=O)c2cccc(Nc3cnccn3)c2)cc1N1CCC(N(C)C)C1. The quantitative estimate of drug-likeness (QED) is 0.635. The van der Waals surface area contributed by atoms with Gasteiger partial charge in [0.05, 0.1) is 6.20 Å². The Hall–Kier alpha value is -3.45. The molecule has 31 heavy (non-hydrogen) atoms. The van der Waals surface area contributed by atoms with Gasteiger partial charge in [-0.2, -0.15) is 0 Å². The molecular weight excluding hydrogens is 388 g/mol. The molecule has 160 valence electrons. The minimum atomic E-state index is -0.148. The second-order valence-electron chi connectivity index (χ2n) is 8.10. The summed E-state index contributed by atoms with van der Waals surface area (Å²) >= 11 is 0. The van der Waals surface area contributed by atoms with Crippen LogP contribution < -0.4 is 15.5 Å². The summed E-state index contributed by atoms with van der Waals surface area (Å²) in [4.78, 5) is 25.8. The topological polar surface area (TPSA) is 73.4 Å². The van der Waals surface area contributed by atoms with Gasteiger partial charge in [0.1, 0.15) is 5.82 Å². The van der Waals surface area contributed by atoms with Crippen molar-refractivity contribution in [2.75, 3.05) is 42.7 Å². The van der Waals surface area contributed by atoms with E-state index in [-0.39, 0.29) is 5.91 Å². The number of carbonyl (C=O) groups excluding carboxylic acids is 1. The van der Waals surface area contributed by atoms with Crippen molar-refractivity contribution in [1.29, 1.82) is 0 Å². The molecule has 1 aliphatic heterocycles. The number of aromatic nitrogens is 2. The van der Waals surface area contributed by atoms with Crippen LogP contribution in [-0.2, 0) is 0 Å². The molecule has 2 N–H and O–H groups in total. The highest BCUT2D eigenvalue weighted by Gasteiger charge is 2.25. The first-order chi connectivity index (χ1) is 15.0. The van der Waals surface area contributed by atoms with Gasteiger partial charge in [-0.3, -0.25) is 9.78 Å². The van der Waals surface area contributed by atoms with E-state index < -0.39 is 0 Å². The lowest BCUT2D eigenvalue weighted by Crippen LogP contribution is -2.31. The highest BCUT2D eigenvalue weighted by Crippen LogP contribution is 2.29. The second kappa shape index (κ2) is 9.14. The molecule has 0 radical (unpaired) electrons. The van der Waals surface area contributed by atoms with Crippen LogP contribution in [0.5, 0.6) is 0 Å². The van der Waals surface area contributed by atoms with E-state index >= 15 is 0 Å². The van der Waals surface area contributed by atoms with Crippen molar-refractivity contribution >= 4 is 28.8 Å². The summed E-state index contributed by atoms with van der Waals surface area (Å²) in [6.45, 7) is 4.14. The number of nitrogens with one attached hydrogen (secondary N) is 2. The third-order valence-electron chi connectivity index (χ3n) is 5.66. The number of amides is 1. The summed E-state index contributed by atoms with van der Waals surface area (Å²) in [7, 11) is 4.26. The molecule has 1 saturated heterocycles. The van der Waals surface area contributed by atoms with Crippen molar-refractivity contribution in [2.45, 2.75) is 19.4 Å². The van der Waals surface area contributed by atoms with Crippen molar-refractivity contribution in [3.8, 4) is 0 Å². The Bertz CT molecular complexity index is 1050. The largest absolute Gasteiger partial charge is 0.370 e. The van der Waals surface area contributed by atoms with E-state index in [9.17, 15) is 4.79 Å². The molecule has 7 heteroatoms. The zero-order valence-electron chi connectivity index (χ0n) is 18.2. The van der Waals surface area contributed by atoms with Gasteiger partial charge in [0.15, 0.2) is 0 Å². The van der Waals surface area contributed by atoms with Crippen LogP contribution >= 0.6 is 0 Å². The summed E-state index contributed by atoms with van der Waals surface area (Å²) in [5.41, 5.74) is 4.55. The smallest absolute Gasteiger partial charge is 0.255 e. The Kier molecular flexibility index (Phi) is 6.13. The first-order valence-electron chi connectivity index (χ1n) is 10.5. The Morgan fingerprint density at radius 2 is 2.00 bits per heavy atom. The third kappa shape index (κ3) is 5.00. The summed E-state index contributed by atoms with van der Waals surface area (Å²) < 4.78 is 0. The predicted octanol–water partition coefficient (Wildman–Crippen LogP) is 3.92. The van der Waals surface area contributed by atoms with Crippen LogP contribution in [0, 0.1) is 6.92 Å². The standard InChI is InChI=1S/C24H28N6O/c1-17-7-8-20(14-22(17)30-12-9-21(16-30)29(2)3)28-24(31)18-5-4-6-19(13-18)27-23-15-25-10-11-26-23/h4-8,10-11,13-15,21H,9,12,16H2,1-3H3,(H,26,27)(H,28,31). The highest BCUT2D eigenvalue weighted by atomic mass is 16.1. The van der Waals surface area contributed by atoms with Crippen LogP contribution in [0.2, 0.25) is 0 Å². The van der Waals surface area contributed by atoms with Gasteiger partial charge in [-0.05, 0) is 63.3 Å². The van der Waals surface area contributed by atoms with Gasteiger partial charge in [-0.1, -0.05) is 12.1 Å². The molecule has 2 heterocycles. The number of nitrogens with zero attached hydrogens (tertiary/aromatic N) is 4. The average Bonchev–Trinajstić information content (AvgIpc) is 3.26. The molecule has 4 rings (SSSR count). The number of anilines is 4. The van der Waals surface area contributed by atoms with Crippen molar-refractivity contribution in [2.24, 2.45) is 0 Å². The number of hydrogen-bond acceptors (Lipinski definition) is 6. The van der Waals surface area contributed by atoms with Gasteiger partial charge in [-0.15, -0.1) is 0 Å². The maximum absolute atomic E-state index is 12.9. The first kappa shape index (κ1) is 20.8. The second-order valence-corrected chi connectivity index (χ2v) is 8.10. The Morgan fingerprint density at radius 3 is 2.74 bits per heavy atom. The van der Waals surface area contributed by atoms with Gasteiger partial charge in [0, 0.05) is 54.2 Å². The maximum Gasteiger partial charge on any atom is 0.255 e. The number of likely N-dealkylation sites (N-methyl/N-ethyl adjacent to an activating group) is 1. The van der Waals surface area contributed by atoms with E-state index in [0.717, 1.165) is 30.9 Å². The van der Waals surface area contributed by atoms with E-state index in [0.29, 0.717) is 17.4 Å². The molecule has 1 unspecified atom stereocenters. The number of benzene rings is 2. The van der Waals surface area contributed by atoms with Crippen LogP contribution in [0.4, 0.5) is 22.9 Å². The van der Waals surface area contributed by atoms with Crippen LogP contribution in [0.15, 0.2) is 61.1 Å². The lowest BCUT2D eigenvalue weighted by atomic mass is 10.1. The van der Waals surface area contributed by atoms with Crippen molar-refractivity contribution in [1.82, 2.24) is 14.9 Å². The lowest BCUT2D eigenvalue weighted by Gasteiger charge is -2.24. The lowest BCUT2D eigenvalue weighted by molar-refractivity contribution is 0.102. The van der Waals surface area contributed by atoms with Crippen LogP contribution in [0.3, 0.4) is 0 Å². The highest BCUT2D eigenvalue weighted by molar-refractivity contribution is 6.05. The number of aryl methyl sites for hydroxylation is 1. The first-order valence-corrected chi connectivity index (χ1v) is 10.5. The van der Waals surface area contributed by atoms with E-state index in [4.69, 9.17) is 0 Å². The van der Waals surface area contributed by atoms with Crippen molar-refractivity contribution in [3.63, 3.8) is 0 Å². The maximum atomic E-state index is 12.9. The van der Waals surface area contributed by atoms with Gasteiger partial charge < -0.3 is 20.4 Å². The molecule has 0 spiro atoms. The van der Waals surface area contributed by atoms with Crippen molar-refractivity contribution < 1.29 is 4.79 Å². The Labute approximate surface area is 183 Å². The van der Waals surface area contributed by atoms with Gasteiger partial charge in [0.2, 0.25) is 0 Å². The summed E-state index contributed by atoms with van der Waals surface area (Å²) in [5.74, 6) is 0.482. The van der Waals surface area contributed by atoms with Crippen LogP contribution in [-0.4, -0.2) is 54.0 Å². The Balaban J connectivity index is 1.47. The number of rotatable bonds is 6. The van der Waals surface area contributed by atoms with E-state index in [1.54, 1.807) is 30.7 Å². The third-order valence-corrected chi connectivity index (χ3v) is 5.66. The monoisotopic (exact) mass is 416 g/mol. The van der Waals surface area contributed by atoms with Crippen LogP contribution in [0.1, 0.15) is 22.3 Å². The molecule has 0 saturated carbocycles. The van der Waals surface area contributed by atoms with E-state index in [1.807, 2.05) is 18.2 Å². The summed E-state index contributed by atoms with van der Waals surface area (Å²) in [6.07, 6.45) is 6.02. The average molecular weight is 417 g/mol. The molecular formula is C24H28N6O. The van der Waals surface area contributed by atoms with Gasteiger partial charge in [0.25, 0.3) is 5.91 Å². The minimum absolute atomic E-state index is 0.148. The van der Waals surface area contributed by atoms with E-state index in [2.05, 4.69) is 63.6 Å². The molecule has 1 aliphatic rings. The fourth-order valence-corrected chi connectivity index (χ4v) is 3.86. The fraction of sp³-hybridized carbons (Fsp3) is 0.292. The van der Waals surface area contributed by atoms with Gasteiger partial charge in [-0.25, -0.2) is 4.98 Å². The van der Waals surface area contributed by atoms with Crippen LogP contribution in [0.25, 0.3) is 0 Å². The van der Waals surface area contributed by atoms with Crippen molar-refractivity contribution in [3.05, 3.63) is 72.2 Å². The zero-order chi connectivity index (χ0) is 21.8. The number of carbonyl (C=O) groups is 1. The molecule has 1 aromatic heterocycles. The van der Waals surface area contributed by atoms with E-state index in [1.165, 1.54) is 11.3 Å². The normalized spacial score (nSPS) is 15.9. The summed E-state index contributed by atoms with van der Waals surface area (Å²) in [6, 6.07) is 14.0. The summed E-state index contributed by atoms with van der Waals surface area (Å²) in [5, 5.41) is 6.21. The Morgan fingerprint density at radius 1 is 1.13 bits per heavy atom. The molecule has 2 aromatic carbocycles. The number of hydrogen-bond donors (Lipinski definition) is 2. The molecule has 1 amide bonds. The molecule has 1 atom stereocenters. The molecule has 3 aromatic rings. The van der Waals surface area contributed by atoms with Gasteiger partial charge >= 0.3 is 0 Å². The predicted molar refractivity (Wildman–Crippen MR) is 125 cm³/mol. The zero-order valence-corrected chi connectivity index (χ0v) is 18.2. The molecule has 0 aliphatic carbocycles.